The summed E-state index contributed by atoms with van der Waals surface area (Å²) in [5.41, 5.74) is 6.98. The predicted molar refractivity (Wildman–Crippen MR) is 70.0 cm³/mol. The molecule has 4 heteroatoms. The summed E-state index contributed by atoms with van der Waals surface area (Å²) in [6.07, 6.45) is 0.623. The lowest BCUT2D eigenvalue weighted by molar-refractivity contribution is 0.273. The van der Waals surface area contributed by atoms with Crippen molar-refractivity contribution in [2.45, 2.75) is 12.5 Å². The highest BCUT2D eigenvalue weighted by molar-refractivity contribution is 5.25. The van der Waals surface area contributed by atoms with Crippen LogP contribution in [0.3, 0.4) is 0 Å². The highest BCUT2D eigenvalue weighted by Crippen LogP contribution is 2.18. The highest BCUT2D eigenvalue weighted by Gasteiger charge is 2.09. The minimum atomic E-state index is -0.590. The van der Waals surface area contributed by atoms with Gasteiger partial charge in [-0.15, -0.1) is 0 Å². The van der Waals surface area contributed by atoms with Crippen LogP contribution >= 0.6 is 0 Å². The van der Waals surface area contributed by atoms with Gasteiger partial charge in [-0.2, -0.15) is 0 Å². The van der Waals surface area contributed by atoms with Crippen molar-refractivity contribution in [2.24, 2.45) is 5.73 Å². The first-order valence-corrected chi connectivity index (χ1v) is 6.02. The SMILES string of the molecule is NC(COc1cc(F)ccc1F)Cc1ccccc1. The predicted octanol–water partition coefficient (Wildman–Crippen LogP) is 2.91. The van der Waals surface area contributed by atoms with Crippen molar-refractivity contribution in [1.29, 1.82) is 0 Å². The van der Waals surface area contributed by atoms with E-state index >= 15 is 0 Å². The molecule has 0 bridgehead atoms. The Hall–Kier alpha value is -1.94. The first kappa shape index (κ1) is 13.5. The van der Waals surface area contributed by atoms with E-state index in [1.807, 2.05) is 30.3 Å². The van der Waals surface area contributed by atoms with Crippen LogP contribution in [0.15, 0.2) is 48.5 Å². The molecule has 0 radical (unpaired) electrons. The van der Waals surface area contributed by atoms with Crippen LogP contribution < -0.4 is 10.5 Å². The van der Waals surface area contributed by atoms with Crippen LogP contribution in [-0.4, -0.2) is 12.6 Å². The standard InChI is InChI=1S/C15H15F2NO/c16-12-6-7-14(17)15(9-12)19-10-13(18)8-11-4-2-1-3-5-11/h1-7,9,13H,8,10,18H2. The fourth-order valence-electron chi connectivity index (χ4n) is 1.76. The minimum absolute atomic E-state index is 0.108. The zero-order chi connectivity index (χ0) is 13.7. The molecule has 0 aliphatic rings. The first-order valence-electron chi connectivity index (χ1n) is 6.02. The summed E-state index contributed by atoms with van der Waals surface area (Å²) in [6, 6.07) is 12.5. The van der Waals surface area contributed by atoms with Gasteiger partial charge in [-0.25, -0.2) is 8.78 Å². The lowest BCUT2D eigenvalue weighted by atomic mass is 10.1. The number of benzene rings is 2. The number of nitrogens with two attached hydrogens (primary N) is 1. The quantitative estimate of drug-likeness (QED) is 0.900. The Kier molecular flexibility index (Phi) is 4.47. The average molecular weight is 263 g/mol. The molecule has 0 aliphatic heterocycles. The normalized spacial score (nSPS) is 12.2. The number of rotatable bonds is 5. The molecule has 0 aliphatic carbocycles. The summed E-state index contributed by atoms with van der Waals surface area (Å²) in [6.45, 7) is 0.134. The van der Waals surface area contributed by atoms with Crippen molar-refractivity contribution < 1.29 is 13.5 Å². The van der Waals surface area contributed by atoms with Gasteiger partial charge >= 0.3 is 0 Å². The van der Waals surface area contributed by atoms with Gasteiger partial charge in [0.2, 0.25) is 0 Å². The Bertz CT molecular complexity index is 531. The maximum atomic E-state index is 13.3. The second-order valence-electron chi connectivity index (χ2n) is 4.34. The van der Waals surface area contributed by atoms with Crippen molar-refractivity contribution in [2.75, 3.05) is 6.61 Å². The Morgan fingerprint density at radius 2 is 1.79 bits per heavy atom. The van der Waals surface area contributed by atoms with E-state index in [1.54, 1.807) is 0 Å². The first-order chi connectivity index (χ1) is 9.15. The van der Waals surface area contributed by atoms with E-state index in [4.69, 9.17) is 10.5 Å². The Morgan fingerprint density at radius 3 is 2.53 bits per heavy atom. The molecule has 2 rings (SSSR count). The van der Waals surface area contributed by atoms with E-state index < -0.39 is 11.6 Å². The molecule has 19 heavy (non-hydrogen) atoms. The van der Waals surface area contributed by atoms with Crippen LogP contribution in [-0.2, 0) is 6.42 Å². The molecular formula is C15H15F2NO. The van der Waals surface area contributed by atoms with E-state index in [0.717, 1.165) is 23.8 Å². The molecule has 1 atom stereocenters. The van der Waals surface area contributed by atoms with Crippen molar-refractivity contribution in [1.82, 2.24) is 0 Å². The lowest BCUT2D eigenvalue weighted by Crippen LogP contribution is -2.30. The summed E-state index contributed by atoms with van der Waals surface area (Å²) in [7, 11) is 0. The number of hydrogen-bond acceptors (Lipinski definition) is 2. The van der Waals surface area contributed by atoms with Gasteiger partial charge in [-0.05, 0) is 24.1 Å². The fraction of sp³-hybridized carbons (Fsp3) is 0.200. The molecule has 0 spiro atoms. The monoisotopic (exact) mass is 263 g/mol. The Balaban J connectivity index is 1.90. The summed E-state index contributed by atoms with van der Waals surface area (Å²) in [4.78, 5) is 0. The topological polar surface area (TPSA) is 35.2 Å². The van der Waals surface area contributed by atoms with E-state index in [9.17, 15) is 8.78 Å². The summed E-state index contributed by atoms with van der Waals surface area (Å²) >= 11 is 0. The second-order valence-corrected chi connectivity index (χ2v) is 4.34. The zero-order valence-electron chi connectivity index (χ0n) is 10.4. The van der Waals surface area contributed by atoms with E-state index in [2.05, 4.69) is 0 Å². The summed E-state index contributed by atoms with van der Waals surface area (Å²) in [5, 5.41) is 0. The van der Waals surface area contributed by atoms with Gasteiger partial charge in [-0.3, -0.25) is 0 Å². The molecule has 0 fully saturated rings. The maximum Gasteiger partial charge on any atom is 0.165 e. The summed E-state index contributed by atoms with van der Waals surface area (Å²) < 4.78 is 31.5. The third-order valence-corrected chi connectivity index (χ3v) is 2.69. The van der Waals surface area contributed by atoms with Crippen LogP contribution in [0.5, 0.6) is 5.75 Å². The van der Waals surface area contributed by atoms with Crippen molar-refractivity contribution >= 4 is 0 Å². The third-order valence-electron chi connectivity index (χ3n) is 2.69. The minimum Gasteiger partial charge on any atom is -0.489 e. The van der Waals surface area contributed by atoms with Crippen LogP contribution in [0.2, 0.25) is 0 Å². The summed E-state index contributed by atoms with van der Waals surface area (Å²) in [5.74, 6) is -1.23. The van der Waals surface area contributed by atoms with Gasteiger partial charge in [-0.1, -0.05) is 30.3 Å². The molecule has 100 valence electrons. The lowest BCUT2D eigenvalue weighted by Gasteiger charge is -2.13. The molecule has 2 N–H and O–H groups in total. The highest BCUT2D eigenvalue weighted by atomic mass is 19.1. The number of hydrogen-bond donors (Lipinski definition) is 1. The van der Waals surface area contributed by atoms with E-state index in [-0.39, 0.29) is 18.4 Å². The van der Waals surface area contributed by atoms with E-state index in [0.29, 0.717) is 6.42 Å². The van der Waals surface area contributed by atoms with Crippen LogP contribution in [0.4, 0.5) is 8.78 Å². The number of halogens is 2. The molecule has 0 amide bonds. The molecule has 0 aromatic heterocycles. The second kappa shape index (κ2) is 6.29. The molecule has 2 nitrogen and oxygen atoms in total. The average Bonchev–Trinajstić information content (AvgIpc) is 2.41. The van der Waals surface area contributed by atoms with Crippen LogP contribution in [0, 0.1) is 11.6 Å². The maximum absolute atomic E-state index is 13.3. The zero-order valence-corrected chi connectivity index (χ0v) is 10.4. The van der Waals surface area contributed by atoms with E-state index in [1.165, 1.54) is 0 Å². The van der Waals surface area contributed by atoms with Gasteiger partial charge < -0.3 is 10.5 Å². The van der Waals surface area contributed by atoms with Gasteiger partial charge in [0.15, 0.2) is 11.6 Å². The molecule has 2 aromatic carbocycles. The molecule has 0 saturated carbocycles. The van der Waals surface area contributed by atoms with Gasteiger partial charge in [0, 0.05) is 12.1 Å². The van der Waals surface area contributed by atoms with Crippen LogP contribution in [0.1, 0.15) is 5.56 Å². The van der Waals surface area contributed by atoms with Crippen molar-refractivity contribution in [3.8, 4) is 5.75 Å². The van der Waals surface area contributed by atoms with Gasteiger partial charge in [0.05, 0.1) is 0 Å². The molecular weight excluding hydrogens is 248 g/mol. The van der Waals surface area contributed by atoms with Gasteiger partial charge in [0.1, 0.15) is 12.4 Å². The Morgan fingerprint density at radius 1 is 1.05 bits per heavy atom. The molecule has 2 aromatic rings. The molecule has 0 saturated heterocycles. The van der Waals surface area contributed by atoms with Crippen LogP contribution in [0.25, 0.3) is 0 Å². The number of ether oxygens (including phenoxy) is 1. The Labute approximate surface area is 110 Å². The fourth-order valence-corrected chi connectivity index (χ4v) is 1.76. The van der Waals surface area contributed by atoms with Gasteiger partial charge in [0.25, 0.3) is 0 Å². The molecule has 0 heterocycles. The third kappa shape index (κ3) is 4.03. The largest absolute Gasteiger partial charge is 0.489 e. The van der Waals surface area contributed by atoms with Crippen molar-refractivity contribution in [3.05, 3.63) is 65.7 Å². The van der Waals surface area contributed by atoms with Crippen molar-refractivity contribution in [3.63, 3.8) is 0 Å². The molecule has 1 unspecified atom stereocenters. The smallest absolute Gasteiger partial charge is 0.165 e.